The second kappa shape index (κ2) is 7.02. The van der Waals surface area contributed by atoms with Crippen molar-refractivity contribution >= 4 is 22.6 Å². The Bertz CT molecular complexity index is 1340. The Morgan fingerprint density at radius 3 is 2.55 bits per heavy atom. The molecule has 7 heteroatoms. The molecule has 0 saturated heterocycles. The van der Waals surface area contributed by atoms with E-state index in [-0.39, 0.29) is 17.2 Å². The Hall–Kier alpha value is -4.31. The lowest BCUT2D eigenvalue weighted by molar-refractivity contribution is -0.114. The zero-order valence-corrected chi connectivity index (χ0v) is 15.4. The van der Waals surface area contributed by atoms with E-state index in [1.807, 2.05) is 48.5 Å². The Balaban J connectivity index is 1.80. The molecule has 2 heterocycles. The monoisotopic (exact) mass is 384 g/mol. The largest absolute Gasteiger partial charge is 0.504 e. The van der Waals surface area contributed by atoms with Crippen molar-refractivity contribution in [3.63, 3.8) is 0 Å². The van der Waals surface area contributed by atoms with E-state index >= 15 is 0 Å². The van der Waals surface area contributed by atoms with Crippen molar-refractivity contribution in [1.29, 1.82) is 5.26 Å². The zero-order valence-electron chi connectivity index (χ0n) is 15.4. The molecule has 0 aliphatic heterocycles. The van der Waals surface area contributed by atoms with Gasteiger partial charge < -0.3 is 20.0 Å². The molecule has 142 valence electrons. The average molecular weight is 384 g/mol. The molecule has 3 N–H and O–H groups in total. The summed E-state index contributed by atoms with van der Waals surface area (Å²) < 4.78 is 1.70. The van der Waals surface area contributed by atoms with E-state index in [1.54, 1.807) is 22.9 Å². The van der Waals surface area contributed by atoms with E-state index in [4.69, 9.17) is 5.26 Å². The number of anilines is 1. The van der Waals surface area contributed by atoms with Crippen molar-refractivity contribution in [2.75, 3.05) is 5.32 Å². The number of nitriles is 1. The first-order chi connectivity index (χ1) is 14.0. The van der Waals surface area contributed by atoms with Crippen LogP contribution in [0.2, 0.25) is 0 Å². The number of hydrogen-bond acceptors (Lipinski definition) is 4. The highest BCUT2D eigenvalue weighted by Crippen LogP contribution is 2.31. The third kappa shape index (κ3) is 3.13. The molecule has 7 nitrogen and oxygen atoms in total. The van der Waals surface area contributed by atoms with Crippen molar-refractivity contribution in [3.05, 3.63) is 76.7 Å². The van der Waals surface area contributed by atoms with Gasteiger partial charge in [-0.2, -0.15) is 5.26 Å². The lowest BCUT2D eigenvalue weighted by Gasteiger charge is -2.12. The number of fused-ring (bicyclic) bond motifs is 1. The maximum absolute atomic E-state index is 11.9. The van der Waals surface area contributed by atoms with Gasteiger partial charge in [-0.3, -0.25) is 9.59 Å². The molecular weight excluding hydrogens is 368 g/mol. The second-order valence-electron chi connectivity index (χ2n) is 6.51. The van der Waals surface area contributed by atoms with Gasteiger partial charge in [0.05, 0.1) is 5.52 Å². The van der Waals surface area contributed by atoms with Gasteiger partial charge in [0.1, 0.15) is 11.6 Å². The molecular formula is C22H16N4O3. The molecule has 2 aromatic carbocycles. The molecule has 0 spiro atoms. The summed E-state index contributed by atoms with van der Waals surface area (Å²) in [5.41, 5.74) is 3.09. The number of amides is 1. The number of aromatic amines is 1. The first kappa shape index (κ1) is 18.1. The van der Waals surface area contributed by atoms with Crippen LogP contribution in [0.25, 0.3) is 27.8 Å². The van der Waals surface area contributed by atoms with Gasteiger partial charge >= 0.3 is 0 Å². The fourth-order valence-corrected chi connectivity index (χ4v) is 3.34. The summed E-state index contributed by atoms with van der Waals surface area (Å²) in [5.74, 6) is -0.498. The number of nitrogens with one attached hydrogen (secondary N) is 2. The Kier molecular flexibility index (Phi) is 4.37. The van der Waals surface area contributed by atoms with E-state index in [2.05, 4.69) is 10.3 Å². The van der Waals surface area contributed by atoms with Gasteiger partial charge in [0.25, 0.3) is 5.56 Å². The number of nitrogens with zero attached hydrogens (tertiary/aromatic N) is 2. The number of aromatic hydroxyl groups is 1. The summed E-state index contributed by atoms with van der Waals surface area (Å²) >= 11 is 0. The predicted molar refractivity (Wildman–Crippen MR) is 110 cm³/mol. The molecule has 0 bridgehead atoms. The van der Waals surface area contributed by atoms with Gasteiger partial charge in [0.15, 0.2) is 11.3 Å². The molecule has 1 amide bonds. The topological polar surface area (TPSA) is 111 Å². The van der Waals surface area contributed by atoms with Crippen LogP contribution in [0.1, 0.15) is 12.5 Å². The fourth-order valence-electron chi connectivity index (χ4n) is 3.34. The minimum absolute atomic E-state index is 0.148. The van der Waals surface area contributed by atoms with Crippen LogP contribution in [0.4, 0.5) is 5.69 Å². The van der Waals surface area contributed by atoms with Crippen molar-refractivity contribution in [2.24, 2.45) is 0 Å². The lowest BCUT2D eigenvalue weighted by Crippen LogP contribution is -2.10. The van der Waals surface area contributed by atoms with Crippen LogP contribution < -0.4 is 10.9 Å². The SMILES string of the molecule is CC(=O)Nc1ccccc1-c1ccc(-n2ccc3[nH]c(=O)c(C#N)c(O)c32)cc1. The summed E-state index contributed by atoms with van der Waals surface area (Å²) in [6.45, 7) is 1.46. The number of carbonyl (C=O) groups is 1. The maximum atomic E-state index is 11.9. The minimum atomic E-state index is -0.625. The lowest BCUT2D eigenvalue weighted by atomic mass is 10.0. The van der Waals surface area contributed by atoms with Crippen LogP contribution in [-0.2, 0) is 4.79 Å². The molecule has 29 heavy (non-hydrogen) atoms. The molecule has 0 radical (unpaired) electrons. The number of benzene rings is 2. The van der Waals surface area contributed by atoms with Crippen molar-refractivity contribution in [3.8, 4) is 28.6 Å². The molecule has 0 atom stereocenters. The summed E-state index contributed by atoms with van der Waals surface area (Å²) in [6, 6.07) is 18.4. The van der Waals surface area contributed by atoms with Crippen LogP contribution in [0, 0.1) is 11.3 Å². The third-order valence-electron chi connectivity index (χ3n) is 4.63. The predicted octanol–water partition coefficient (Wildman–Crippen LogP) is 3.52. The Labute approximate surface area is 165 Å². The standard InChI is InChI=1S/C22H16N4O3/c1-13(27)24-18-5-3-2-4-16(18)14-6-8-15(9-7-14)26-11-10-19-20(26)21(28)17(12-23)22(29)25-19/h2-11H,1H3,(H,24,27)(H2,25,28,29). The van der Waals surface area contributed by atoms with E-state index in [0.717, 1.165) is 16.8 Å². The molecule has 0 unspecified atom stereocenters. The van der Waals surface area contributed by atoms with Crippen LogP contribution in [-0.4, -0.2) is 20.6 Å². The number of H-pyrrole nitrogens is 1. The van der Waals surface area contributed by atoms with Crippen molar-refractivity contribution in [1.82, 2.24) is 9.55 Å². The van der Waals surface area contributed by atoms with E-state index in [0.29, 0.717) is 16.7 Å². The van der Waals surface area contributed by atoms with Gasteiger partial charge in [-0.15, -0.1) is 0 Å². The average Bonchev–Trinajstić information content (AvgIpc) is 3.12. The number of para-hydroxylation sites is 1. The van der Waals surface area contributed by atoms with Gasteiger partial charge in [-0.25, -0.2) is 0 Å². The number of pyridine rings is 1. The summed E-state index contributed by atoms with van der Waals surface area (Å²) in [5, 5.41) is 22.4. The fraction of sp³-hybridized carbons (Fsp3) is 0.0455. The normalized spacial score (nSPS) is 10.6. The number of carbonyl (C=O) groups excluding carboxylic acids is 1. The molecule has 2 aromatic heterocycles. The summed E-state index contributed by atoms with van der Waals surface area (Å²) in [4.78, 5) is 25.9. The molecule has 0 fully saturated rings. The van der Waals surface area contributed by atoms with Crippen LogP contribution in [0.15, 0.2) is 65.6 Å². The molecule has 0 aliphatic carbocycles. The Morgan fingerprint density at radius 1 is 1.14 bits per heavy atom. The molecule has 4 aromatic rings. The highest BCUT2D eigenvalue weighted by Gasteiger charge is 2.16. The van der Waals surface area contributed by atoms with Crippen LogP contribution in [0.3, 0.4) is 0 Å². The highest BCUT2D eigenvalue weighted by atomic mass is 16.3. The van der Waals surface area contributed by atoms with E-state index in [1.165, 1.54) is 6.92 Å². The highest BCUT2D eigenvalue weighted by molar-refractivity contribution is 5.94. The molecule has 0 aliphatic rings. The summed E-state index contributed by atoms with van der Waals surface area (Å²) in [7, 11) is 0. The van der Waals surface area contributed by atoms with Gasteiger partial charge in [-0.1, -0.05) is 30.3 Å². The van der Waals surface area contributed by atoms with E-state index in [9.17, 15) is 14.7 Å². The van der Waals surface area contributed by atoms with Crippen LogP contribution >= 0.6 is 0 Å². The smallest absolute Gasteiger partial charge is 0.270 e. The minimum Gasteiger partial charge on any atom is -0.504 e. The first-order valence-electron chi connectivity index (χ1n) is 8.83. The van der Waals surface area contributed by atoms with Crippen molar-refractivity contribution in [2.45, 2.75) is 6.92 Å². The van der Waals surface area contributed by atoms with Crippen LogP contribution in [0.5, 0.6) is 5.75 Å². The molecule has 4 rings (SSSR count). The van der Waals surface area contributed by atoms with Crippen molar-refractivity contribution < 1.29 is 9.90 Å². The third-order valence-corrected chi connectivity index (χ3v) is 4.63. The summed E-state index contributed by atoms with van der Waals surface area (Å²) in [6.07, 6.45) is 1.71. The zero-order chi connectivity index (χ0) is 20.5. The number of aromatic nitrogens is 2. The first-order valence-corrected chi connectivity index (χ1v) is 8.83. The van der Waals surface area contributed by atoms with Gasteiger partial charge in [-0.05, 0) is 29.8 Å². The number of rotatable bonds is 3. The molecule has 0 saturated carbocycles. The number of hydrogen-bond donors (Lipinski definition) is 3. The van der Waals surface area contributed by atoms with E-state index < -0.39 is 5.56 Å². The van der Waals surface area contributed by atoms with Gasteiger partial charge in [0, 0.05) is 30.1 Å². The Morgan fingerprint density at radius 2 is 1.86 bits per heavy atom. The quantitative estimate of drug-likeness (QED) is 0.502. The van der Waals surface area contributed by atoms with Gasteiger partial charge in [0.2, 0.25) is 5.91 Å². The maximum Gasteiger partial charge on any atom is 0.270 e. The second-order valence-corrected chi connectivity index (χ2v) is 6.51.